The molecule has 3 aliphatic carbocycles. The average Bonchev–Trinajstić information content (AvgIpc) is 3.22. The summed E-state index contributed by atoms with van der Waals surface area (Å²) in [5.74, 6) is -8.29. The number of aliphatic hydroxyl groups excluding tert-OH is 2. The van der Waals surface area contributed by atoms with Crippen LogP contribution in [-0.2, 0) is 31.1 Å². The average molecular weight is 660 g/mol. The second-order valence-electron chi connectivity index (χ2n) is 13.7. The molecule has 48 heavy (non-hydrogen) atoms. The quantitative estimate of drug-likeness (QED) is 0.130. The number of primary amides is 1. The Hall–Kier alpha value is -4.70. The molecule has 4 atom stereocenters. The number of nitrogens with two attached hydrogens (primary N) is 1. The van der Waals surface area contributed by atoms with Gasteiger partial charge in [-0.25, -0.2) is 0 Å². The summed E-state index contributed by atoms with van der Waals surface area (Å²) in [6.45, 7) is 3.58. The van der Waals surface area contributed by atoms with E-state index in [-0.39, 0.29) is 35.2 Å². The van der Waals surface area contributed by atoms with Crippen molar-refractivity contribution in [2.75, 3.05) is 38.4 Å². The molecule has 0 saturated heterocycles. The van der Waals surface area contributed by atoms with Crippen LogP contribution >= 0.6 is 0 Å². The Morgan fingerprint density at radius 2 is 1.75 bits per heavy atom. The zero-order valence-electron chi connectivity index (χ0n) is 27.3. The number of Topliss-reactive ketones (excluding diaryl/α,β-unsaturated/α-hetero) is 2. The third-order valence-electron chi connectivity index (χ3n) is 10.1. The van der Waals surface area contributed by atoms with Crippen molar-refractivity contribution in [2.24, 2.45) is 17.6 Å². The van der Waals surface area contributed by atoms with Gasteiger partial charge in [-0.15, -0.1) is 0 Å². The van der Waals surface area contributed by atoms with Crippen LogP contribution in [0.5, 0.6) is 5.75 Å². The minimum atomic E-state index is -2.77. The van der Waals surface area contributed by atoms with Crippen LogP contribution in [0.2, 0.25) is 0 Å². The van der Waals surface area contributed by atoms with Gasteiger partial charge in [-0.05, 0) is 81.5 Å². The Morgan fingerprint density at radius 3 is 2.35 bits per heavy atom. The summed E-state index contributed by atoms with van der Waals surface area (Å²) in [4.78, 5) is 56.4. The van der Waals surface area contributed by atoms with Crippen LogP contribution in [0.4, 0.5) is 11.4 Å². The third kappa shape index (κ3) is 4.56. The minimum Gasteiger partial charge on any atom is -0.508 e. The molecular weight excluding hydrogens is 623 g/mol. The van der Waals surface area contributed by atoms with Gasteiger partial charge in [-0.3, -0.25) is 24.1 Å². The highest BCUT2D eigenvalue weighted by Gasteiger charge is 2.64. The number of benzene rings is 2. The number of carbonyl (C=O) groups is 4. The molecule has 2 aromatic carbocycles. The maximum Gasteiger partial charge on any atom is 0.492 e. The number of nitrogens with one attached hydrogen (secondary N) is 1. The summed E-state index contributed by atoms with van der Waals surface area (Å²) < 4.78 is 5.59. The van der Waals surface area contributed by atoms with Crippen molar-refractivity contribution in [1.82, 2.24) is 4.90 Å². The predicted octanol–water partition coefficient (Wildman–Crippen LogP) is 0.235. The van der Waals surface area contributed by atoms with Crippen molar-refractivity contribution in [1.29, 1.82) is 0 Å². The number of phenolic OH excluding ortho intramolecular Hbond substituents is 1. The van der Waals surface area contributed by atoms with E-state index in [2.05, 4.69) is 5.32 Å². The maximum absolute atomic E-state index is 14.2. The van der Waals surface area contributed by atoms with Gasteiger partial charge in [0.15, 0.2) is 11.4 Å². The second-order valence-corrected chi connectivity index (χ2v) is 13.7. The van der Waals surface area contributed by atoms with Gasteiger partial charge in [0.05, 0.1) is 22.9 Å². The molecule has 4 aliphatic rings. The van der Waals surface area contributed by atoms with Crippen LogP contribution in [0.15, 0.2) is 41.2 Å². The van der Waals surface area contributed by atoms with Crippen molar-refractivity contribution in [2.45, 2.75) is 43.9 Å². The summed E-state index contributed by atoms with van der Waals surface area (Å²) in [6, 6.07) is 5.05. The molecule has 1 heterocycles. The van der Waals surface area contributed by atoms with Crippen LogP contribution in [0.3, 0.4) is 0 Å². The first-order chi connectivity index (χ1) is 22.3. The minimum absolute atomic E-state index is 0.0530. The van der Waals surface area contributed by atoms with Gasteiger partial charge in [0, 0.05) is 36.8 Å². The van der Waals surface area contributed by atoms with E-state index in [1.54, 1.807) is 45.0 Å². The van der Waals surface area contributed by atoms with Crippen molar-refractivity contribution in [3.63, 3.8) is 0 Å². The molecule has 0 radical (unpaired) electrons. The fourth-order valence-electron chi connectivity index (χ4n) is 7.84. The lowest BCUT2D eigenvalue weighted by Crippen LogP contribution is -2.65. The van der Waals surface area contributed by atoms with Crippen LogP contribution < -0.4 is 21.4 Å². The van der Waals surface area contributed by atoms with Crippen LogP contribution in [-0.4, -0.2) is 101 Å². The van der Waals surface area contributed by atoms with E-state index in [1.165, 1.54) is 31.1 Å². The smallest absolute Gasteiger partial charge is 0.492 e. The Bertz CT molecular complexity index is 1900. The first kappa shape index (κ1) is 33.2. The number of amides is 2. The van der Waals surface area contributed by atoms with Crippen molar-refractivity contribution >= 4 is 53.1 Å². The van der Waals surface area contributed by atoms with Crippen LogP contribution in [0.1, 0.15) is 47.3 Å². The molecule has 0 spiro atoms. The highest BCUT2D eigenvalue weighted by atomic mass is 16.5. The van der Waals surface area contributed by atoms with Crippen LogP contribution in [0, 0.1) is 11.8 Å². The van der Waals surface area contributed by atoms with Gasteiger partial charge in [-0.1, -0.05) is 6.07 Å². The van der Waals surface area contributed by atoms with Crippen molar-refractivity contribution < 1.29 is 49.3 Å². The number of carbonyl (C=O) groups excluding carboxylic acids is 4. The number of rotatable bonds is 5. The molecule has 1 fully saturated rings. The summed E-state index contributed by atoms with van der Waals surface area (Å²) in [7, 11) is 5.27. The Kier molecular flexibility index (Phi) is 7.56. The molecule has 8 N–H and O–H groups in total. The normalized spacial score (nSPS) is 25.9. The number of aromatic hydroxyl groups is 1. The number of fused-ring (bicyclic) bond motifs is 4. The molecule has 0 unspecified atom stereocenters. The maximum atomic E-state index is 14.2. The van der Waals surface area contributed by atoms with Gasteiger partial charge in [-0.2, -0.15) is 0 Å². The monoisotopic (exact) mass is 660 g/mol. The van der Waals surface area contributed by atoms with Gasteiger partial charge in [0.2, 0.25) is 5.78 Å². The summed E-state index contributed by atoms with van der Waals surface area (Å²) in [6.07, 6.45) is 0.0327. The molecule has 0 aromatic heterocycles. The lowest BCUT2D eigenvalue weighted by molar-refractivity contribution is -0.153. The number of likely N-dealkylation sites (N-methyl/N-ethyl adjacent to an activating group) is 1. The van der Waals surface area contributed by atoms with Gasteiger partial charge >= 0.3 is 7.12 Å². The molecule has 15 heteroatoms. The van der Waals surface area contributed by atoms with Gasteiger partial charge in [0.1, 0.15) is 22.8 Å². The number of phenols is 1. The number of hydrogen-bond acceptors (Lipinski definition) is 12. The number of ketones is 2. The molecule has 2 amide bonds. The second kappa shape index (κ2) is 10.9. The molecule has 1 aliphatic heterocycles. The zero-order chi connectivity index (χ0) is 35.4. The molecule has 2 aromatic rings. The van der Waals surface area contributed by atoms with E-state index in [9.17, 15) is 44.6 Å². The topological polar surface area (TPSA) is 223 Å². The lowest BCUT2D eigenvalue weighted by atomic mass is 9.57. The van der Waals surface area contributed by atoms with Crippen LogP contribution in [0.25, 0.3) is 5.76 Å². The third-order valence-corrected chi connectivity index (χ3v) is 10.1. The molecular formula is C33H37BN4O10. The Labute approximate surface area is 276 Å². The zero-order valence-corrected chi connectivity index (χ0v) is 27.3. The first-order valence-electron chi connectivity index (χ1n) is 15.4. The molecule has 6 rings (SSSR count). The van der Waals surface area contributed by atoms with E-state index in [0.717, 1.165) is 0 Å². The van der Waals surface area contributed by atoms with E-state index >= 15 is 0 Å². The van der Waals surface area contributed by atoms with Gasteiger partial charge in [0.25, 0.3) is 11.8 Å². The van der Waals surface area contributed by atoms with E-state index in [1.807, 2.05) is 0 Å². The number of anilines is 2. The molecule has 252 valence electrons. The summed E-state index contributed by atoms with van der Waals surface area (Å²) >= 11 is 0. The highest BCUT2D eigenvalue weighted by molar-refractivity contribution is 6.62. The largest absolute Gasteiger partial charge is 0.508 e. The predicted molar refractivity (Wildman–Crippen MR) is 175 cm³/mol. The number of nitrogens with zero attached hydrogens (tertiary/aromatic N) is 2. The SMILES string of the molecule is CN(C)c1cc(NC(=O)c2ccc3c(c2)B(O)OC3(C)C)c(O)c2c1C[C@H]1C[C@H]3[C@H](N(C)C)C(=O)C(C(N)=O)=C(O)[C@@]3(O)C(=O)C1=C2O. The fraction of sp³-hybridized carbons (Fsp3) is 0.394. The van der Waals surface area contributed by atoms with Gasteiger partial charge < -0.3 is 46.1 Å². The summed E-state index contributed by atoms with van der Waals surface area (Å²) in [5, 5.41) is 59.2. The van der Waals surface area contributed by atoms with E-state index in [0.29, 0.717) is 22.3 Å². The van der Waals surface area contributed by atoms with E-state index < -0.39 is 82.4 Å². The number of aliphatic hydroxyl groups is 3. The molecule has 0 bridgehead atoms. The lowest BCUT2D eigenvalue weighted by Gasteiger charge is -2.50. The number of hydrogen-bond donors (Lipinski definition) is 7. The Morgan fingerprint density at radius 1 is 1.08 bits per heavy atom. The van der Waals surface area contributed by atoms with Crippen molar-refractivity contribution in [3.8, 4) is 5.75 Å². The van der Waals surface area contributed by atoms with E-state index in [4.69, 9.17) is 10.4 Å². The highest BCUT2D eigenvalue weighted by Crippen LogP contribution is 2.54. The Balaban J connectivity index is 1.46. The molecule has 14 nitrogen and oxygen atoms in total. The first-order valence-corrected chi connectivity index (χ1v) is 15.4. The standard InChI is InChI=1S/C33H37BN4O10/c1-32(2)16-8-7-13(11-18(16)34(47)48-32)31(45)36-19-12-20(37(3)4)15-9-14-10-17-24(38(5)6)27(41)23(30(35)44)29(43)33(17,46)28(42)21(14)26(40)22(15)25(19)39/h7-8,11-12,14,17,24,39-40,43,46-47H,9-10H2,1-6H3,(H2,35,44)(H,36,45)/t14-,17-,24-,33-/m0/s1. The summed E-state index contributed by atoms with van der Waals surface area (Å²) in [5.41, 5.74) is 2.65. The molecule has 1 saturated carbocycles. The van der Waals surface area contributed by atoms with Crippen molar-refractivity contribution in [3.05, 3.63) is 63.4 Å². The fourth-order valence-corrected chi connectivity index (χ4v) is 7.84.